The van der Waals surface area contributed by atoms with Crippen molar-refractivity contribution < 1.29 is 17.9 Å². The van der Waals surface area contributed by atoms with Crippen molar-refractivity contribution in [3.63, 3.8) is 0 Å². The highest BCUT2D eigenvalue weighted by atomic mass is 19.4. The van der Waals surface area contributed by atoms with E-state index in [1.54, 1.807) is 16.8 Å². The topological polar surface area (TPSA) is 52.3 Å². The van der Waals surface area contributed by atoms with E-state index >= 15 is 0 Å². The third-order valence-corrected chi connectivity index (χ3v) is 7.65. The van der Waals surface area contributed by atoms with Crippen LogP contribution in [-0.2, 0) is 32.8 Å². The lowest BCUT2D eigenvalue weighted by molar-refractivity contribution is -0.141. The molecule has 1 fully saturated rings. The minimum absolute atomic E-state index is 0.00741. The van der Waals surface area contributed by atoms with Crippen molar-refractivity contribution in [1.29, 1.82) is 0 Å². The number of aromatic nitrogens is 3. The van der Waals surface area contributed by atoms with Crippen LogP contribution in [0.25, 0.3) is 16.6 Å². The quantitative estimate of drug-likeness (QED) is 0.379. The molecule has 2 aliphatic heterocycles. The number of ether oxygens (including phenoxy) is 1. The molecule has 0 amide bonds. The normalized spacial score (nSPS) is 18.0. The van der Waals surface area contributed by atoms with Crippen LogP contribution in [0.2, 0.25) is 0 Å². The highest BCUT2D eigenvalue weighted by molar-refractivity contribution is 5.87. The molecule has 5 heterocycles. The molecular weight excluding hydrogens is 481 g/mol. The Balaban J connectivity index is 1.22. The van der Waals surface area contributed by atoms with E-state index in [0.29, 0.717) is 17.4 Å². The molecule has 6 rings (SSSR count). The lowest BCUT2D eigenvalue weighted by atomic mass is 9.91. The number of piperidine rings is 1. The largest absolute Gasteiger partial charge is 0.489 e. The number of fused-ring (bicyclic) bond motifs is 4. The molecule has 1 aromatic carbocycles. The fourth-order valence-corrected chi connectivity index (χ4v) is 5.68. The summed E-state index contributed by atoms with van der Waals surface area (Å²) in [5.74, 6) is 0.341. The van der Waals surface area contributed by atoms with Crippen molar-refractivity contribution in [2.24, 2.45) is 7.05 Å². The van der Waals surface area contributed by atoms with E-state index in [1.165, 1.54) is 48.0 Å². The van der Waals surface area contributed by atoms with Crippen LogP contribution >= 0.6 is 0 Å². The second kappa shape index (κ2) is 9.06. The number of halogens is 3. The monoisotopic (exact) mass is 508 g/mol. The maximum absolute atomic E-state index is 12.9. The number of benzene rings is 1. The predicted molar refractivity (Wildman–Crippen MR) is 134 cm³/mol. The Morgan fingerprint density at radius 3 is 2.73 bits per heavy atom. The van der Waals surface area contributed by atoms with Crippen LogP contribution < -0.4 is 10.3 Å². The van der Waals surface area contributed by atoms with Gasteiger partial charge in [0.05, 0.1) is 11.2 Å². The number of aryl methyl sites for hydroxylation is 1. The van der Waals surface area contributed by atoms with E-state index in [0.717, 1.165) is 43.0 Å². The van der Waals surface area contributed by atoms with Gasteiger partial charge in [-0.3, -0.25) is 19.2 Å². The van der Waals surface area contributed by atoms with Gasteiger partial charge in [0.2, 0.25) is 0 Å². The summed E-state index contributed by atoms with van der Waals surface area (Å²) in [6.07, 6.45) is 3.19. The SMILES string of the molecule is Cn1c2c(c3ccc(-n4ccc(OCc5ccc(C(F)(F)F)nc5)cc4=O)cc31)CN1CCCCC1C2. The highest BCUT2D eigenvalue weighted by Crippen LogP contribution is 2.36. The first-order valence-electron chi connectivity index (χ1n) is 12.5. The van der Waals surface area contributed by atoms with Crippen molar-refractivity contribution >= 4 is 10.9 Å². The fraction of sp³-hybridized carbons (Fsp3) is 0.357. The smallest absolute Gasteiger partial charge is 0.433 e. The molecule has 0 radical (unpaired) electrons. The van der Waals surface area contributed by atoms with Crippen LogP contribution in [0.3, 0.4) is 0 Å². The zero-order chi connectivity index (χ0) is 25.7. The molecule has 4 aromatic rings. The lowest BCUT2D eigenvalue weighted by Crippen LogP contribution is -2.43. The third-order valence-electron chi connectivity index (χ3n) is 7.65. The number of nitrogens with zero attached hydrogens (tertiary/aromatic N) is 4. The summed E-state index contributed by atoms with van der Waals surface area (Å²) in [7, 11) is 2.11. The highest BCUT2D eigenvalue weighted by Gasteiger charge is 2.32. The van der Waals surface area contributed by atoms with Gasteiger partial charge in [-0.05, 0) is 49.2 Å². The van der Waals surface area contributed by atoms with Crippen LogP contribution in [0.15, 0.2) is 59.7 Å². The zero-order valence-corrected chi connectivity index (χ0v) is 20.5. The minimum atomic E-state index is -4.48. The van der Waals surface area contributed by atoms with Crippen LogP contribution in [-0.4, -0.2) is 31.6 Å². The van der Waals surface area contributed by atoms with E-state index in [9.17, 15) is 18.0 Å². The Kier molecular flexibility index (Phi) is 5.82. The second-order valence-corrected chi connectivity index (χ2v) is 9.92. The molecule has 0 saturated carbocycles. The molecule has 0 spiro atoms. The Hall–Kier alpha value is -3.59. The second-order valence-electron chi connectivity index (χ2n) is 9.92. The Morgan fingerprint density at radius 2 is 1.97 bits per heavy atom. The van der Waals surface area contributed by atoms with Gasteiger partial charge in [-0.15, -0.1) is 0 Å². The first-order valence-corrected chi connectivity index (χ1v) is 12.5. The summed E-state index contributed by atoms with van der Waals surface area (Å²) in [6, 6.07) is 12.1. The summed E-state index contributed by atoms with van der Waals surface area (Å²) >= 11 is 0. The molecule has 1 unspecified atom stereocenters. The Bertz CT molecular complexity index is 1520. The number of rotatable bonds is 4. The third kappa shape index (κ3) is 4.41. The van der Waals surface area contributed by atoms with E-state index in [4.69, 9.17) is 4.74 Å². The van der Waals surface area contributed by atoms with Gasteiger partial charge in [0, 0.05) is 61.2 Å². The fourth-order valence-electron chi connectivity index (χ4n) is 5.68. The van der Waals surface area contributed by atoms with Crippen molar-refractivity contribution in [2.45, 2.75) is 51.1 Å². The first kappa shape index (κ1) is 23.8. The van der Waals surface area contributed by atoms with E-state index in [2.05, 4.69) is 33.6 Å². The zero-order valence-electron chi connectivity index (χ0n) is 20.5. The van der Waals surface area contributed by atoms with Gasteiger partial charge in [0.15, 0.2) is 0 Å². The Morgan fingerprint density at radius 1 is 1.11 bits per heavy atom. The average molecular weight is 509 g/mol. The van der Waals surface area contributed by atoms with Gasteiger partial charge >= 0.3 is 6.18 Å². The van der Waals surface area contributed by atoms with Gasteiger partial charge < -0.3 is 9.30 Å². The molecule has 3 aromatic heterocycles. The number of alkyl halides is 3. The summed E-state index contributed by atoms with van der Waals surface area (Å²) < 4.78 is 47.6. The van der Waals surface area contributed by atoms with Crippen LogP contribution in [0.5, 0.6) is 5.75 Å². The van der Waals surface area contributed by atoms with Crippen molar-refractivity contribution in [1.82, 2.24) is 19.0 Å². The minimum Gasteiger partial charge on any atom is -0.489 e. The van der Waals surface area contributed by atoms with Gasteiger partial charge in [-0.1, -0.05) is 18.6 Å². The predicted octanol–water partition coefficient (Wildman–Crippen LogP) is 5.23. The molecular formula is C28H27F3N4O2. The van der Waals surface area contributed by atoms with Crippen molar-refractivity contribution in [2.75, 3.05) is 6.54 Å². The molecule has 9 heteroatoms. The average Bonchev–Trinajstić information content (AvgIpc) is 3.16. The summed E-state index contributed by atoms with van der Waals surface area (Å²) in [5, 5.41) is 1.24. The molecule has 192 valence electrons. The van der Waals surface area contributed by atoms with Gasteiger partial charge in [-0.2, -0.15) is 13.2 Å². The Labute approximate surface area is 211 Å². The summed E-state index contributed by atoms with van der Waals surface area (Å²) in [4.78, 5) is 19.0. The van der Waals surface area contributed by atoms with E-state index in [-0.39, 0.29) is 12.2 Å². The lowest BCUT2D eigenvalue weighted by Gasteiger charge is -2.39. The van der Waals surface area contributed by atoms with Crippen LogP contribution in [0.1, 0.15) is 41.8 Å². The van der Waals surface area contributed by atoms with Gasteiger partial charge in [0.25, 0.3) is 5.56 Å². The molecule has 6 nitrogen and oxygen atoms in total. The van der Waals surface area contributed by atoms with E-state index in [1.807, 2.05) is 6.07 Å². The maximum Gasteiger partial charge on any atom is 0.433 e. The number of pyridine rings is 2. The van der Waals surface area contributed by atoms with E-state index < -0.39 is 11.9 Å². The molecule has 2 aliphatic rings. The molecule has 0 aliphatic carbocycles. The standard InChI is InChI=1S/C28H27F3N4O2/c1-33-24-13-20(6-7-22(24)23-16-34-10-3-2-4-19(34)12-25(23)33)35-11-9-21(14-27(35)36)37-17-18-5-8-26(32-15-18)28(29,30)31/h5-9,11,13-15,19H,2-4,10,12,16-17H2,1H3. The summed E-state index contributed by atoms with van der Waals surface area (Å²) in [6.45, 7) is 2.16. The molecule has 0 bridgehead atoms. The molecule has 0 N–H and O–H groups in total. The molecule has 1 saturated heterocycles. The first-order chi connectivity index (χ1) is 17.8. The maximum atomic E-state index is 12.9. The van der Waals surface area contributed by atoms with Crippen LogP contribution in [0.4, 0.5) is 13.2 Å². The molecule has 1 atom stereocenters. The molecule has 37 heavy (non-hydrogen) atoms. The number of hydrogen-bond acceptors (Lipinski definition) is 4. The van der Waals surface area contributed by atoms with Gasteiger partial charge in [-0.25, -0.2) is 0 Å². The number of hydrogen-bond donors (Lipinski definition) is 0. The van der Waals surface area contributed by atoms with Crippen molar-refractivity contribution in [3.8, 4) is 11.4 Å². The summed E-state index contributed by atoms with van der Waals surface area (Å²) in [5.41, 5.74) is 3.95. The van der Waals surface area contributed by atoms with Gasteiger partial charge in [0.1, 0.15) is 18.1 Å². The van der Waals surface area contributed by atoms with Crippen molar-refractivity contribution in [3.05, 3.63) is 87.7 Å². The van der Waals surface area contributed by atoms with Crippen LogP contribution in [0, 0.1) is 0 Å².